The highest BCUT2D eigenvalue weighted by atomic mass is 31.1. The lowest BCUT2D eigenvalue weighted by Crippen LogP contribution is -2.18. The van der Waals surface area contributed by atoms with Crippen molar-refractivity contribution < 1.29 is 0 Å². The second kappa shape index (κ2) is 12.2. The zero-order valence-corrected chi connectivity index (χ0v) is 20.5. The molecule has 0 amide bonds. The van der Waals surface area contributed by atoms with Crippen LogP contribution < -0.4 is 0 Å². The van der Waals surface area contributed by atoms with Gasteiger partial charge in [-0.1, -0.05) is 124 Å². The smallest absolute Gasteiger partial charge is 0.0654 e. The minimum absolute atomic E-state index is 0.176. The Labute approximate surface area is 196 Å². The van der Waals surface area contributed by atoms with Gasteiger partial charge in [-0.05, 0) is 29.9 Å². The van der Waals surface area contributed by atoms with Gasteiger partial charge in [-0.3, -0.25) is 0 Å². The fourth-order valence-corrected chi connectivity index (χ4v) is 8.76. The summed E-state index contributed by atoms with van der Waals surface area (Å²) in [6, 6.07) is 34.0. The molecular formula is C31H38P+. The minimum Gasteiger partial charge on any atom is -0.0654 e. The summed E-state index contributed by atoms with van der Waals surface area (Å²) in [6.07, 6.45) is 12.2. The molecule has 3 atom stereocenters. The van der Waals surface area contributed by atoms with Gasteiger partial charge in [0.2, 0.25) is 0 Å². The van der Waals surface area contributed by atoms with Crippen LogP contribution >= 0.6 is 7.55 Å². The molecule has 0 nitrogen and oxygen atoms in total. The van der Waals surface area contributed by atoms with E-state index in [4.69, 9.17) is 0 Å². The summed E-state index contributed by atoms with van der Waals surface area (Å²) in [5.41, 5.74) is 5.22. The summed E-state index contributed by atoms with van der Waals surface area (Å²) >= 11 is 0. The summed E-state index contributed by atoms with van der Waals surface area (Å²) in [5.74, 6) is 0.611. The SMILES string of the molecule is CCCCCCCC[P+]1=C(c2ccccc2)CC(c2ccccc2)CC1c1ccccc1. The Bertz CT molecular complexity index is 959. The van der Waals surface area contributed by atoms with Crippen molar-refractivity contribution in [2.45, 2.75) is 69.9 Å². The molecule has 0 spiro atoms. The van der Waals surface area contributed by atoms with Crippen LogP contribution in [0.5, 0.6) is 0 Å². The van der Waals surface area contributed by atoms with E-state index in [1.165, 1.54) is 68.7 Å². The maximum atomic E-state index is 2.39. The number of hydrogen-bond donors (Lipinski definition) is 0. The van der Waals surface area contributed by atoms with Gasteiger partial charge in [0, 0.05) is 18.4 Å². The molecule has 0 radical (unpaired) electrons. The van der Waals surface area contributed by atoms with E-state index >= 15 is 0 Å². The molecule has 0 fully saturated rings. The third kappa shape index (κ3) is 5.99. The molecule has 3 aromatic carbocycles. The zero-order valence-electron chi connectivity index (χ0n) is 19.6. The average Bonchev–Trinajstić information content (AvgIpc) is 2.87. The Morgan fingerprint density at radius 1 is 0.656 bits per heavy atom. The Morgan fingerprint density at radius 3 is 1.88 bits per heavy atom. The quantitative estimate of drug-likeness (QED) is 0.217. The third-order valence-corrected chi connectivity index (χ3v) is 10.2. The van der Waals surface area contributed by atoms with E-state index in [0.717, 1.165) is 0 Å². The van der Waals surface area contributed by atoms with E-state index in [1.54, 1.807) is 10.9 Å². The first-order chi connectivity index (χ1) is 15.9. The molecule has 0 saturated carbocycles. The Balaban J connectivity index is 1.68. The Morgan fingerprint density at radius 2 is 1.22 bits per heavy atom. The van der Waals surface area contributed by atoms with Gasteiger partial charge >= 0.3 is 0 Å². The van der Waals surface area contributed by atoms with Gasteiger partial charge in [0.05, 0.1) is 0 Å². The van der Waals surface area contributed by atoms with Crippen LogP contribution in [0.25, 0.3) is 0 Å². The molecule has 0 aromatic heterocycles. The second-order valence-electron chi connectivity index (χ2n) is 9.25. The minimum atomic E-state index is -0.176. The molecule has 0 bridgehead atoms. The number of unbranched alkanes of at least 4 members (excludes halogenated alkanes) is 5. The molecule has 1 heterocycles. The molecule has 1 heteroatoms. The summed E-state index contributed by atoms with van der Waals surface area (Å²) in [5, 5.41) is 1.75. The van der Waals surface area contributed by atoms with E-state index < -0.39 is 0 Å². The maximum Gasteiger partial charge on any atom is 0.142 e. The Kier molecular flexibility index (Phi) is 8.75. The van der Waals surface area contributed by atoms with Crippen molar-refractivity contribution in [3.8, 4) is 0 Å². The lowest BCUT2D eigenvalue weighted by atomic mass is 9.86. The topological polar surface area (TPSA) is 0 Å². The molecule has 0 saturated heterocycles. The highest BCUT2D eigenvalue weighted by Gasteiger charge is 2.39. The van der Waals surface area contributed by atoms with Crippen LogP contribution in [0.2, 0.25) is 0 Å². The Hall–Kier alpha value is -2.17. The van der Waals surface area contributed by atoms with Crippen LogP contribution in [0.1, 0.15) is 86.6 Å². The molecule has 1 aliphatic heterocycles. The monoisotopic (exact) mass is 441 g/mol. The summed E-state index contributed by atoms with van der Waals surface area (Å²) in [6.45, 7) is 2.31. The van der Waals surface area contributed by atoms with Gasteiger partial charge in [-0.25, -0.2) is 0 Å². The normalized spacial score (nSPS) is 19.8. The van der Waals surface area contributed by atoms with Crippen molar-refractivity contribution in [1.29, 1.82) is 0 Å². The van der Waals surface area contributed by atoms with Crippen molar-refractivity contribution in [3.63, 3.8) is 0 Å². The predicted molar refractivity (Wildman–Crippen MR) is 143 cm³/mol. The molecule has 3 unspecified atom stereocenters. The second-order valence-corrected chi connectivity index (χ2v) is 11.8. The van der Waals surface area contributed by atoms with Gasteiger partial charge in [0.15, 0.2) is 0 Å². The first-order valence-electron chi connectivity index (χ1n) is 12.6. The summed E-state index contributed by atoms with van der Waals surface area (Å²) in [4.78, 5) is 0. The fourth-order valence-electron chi connectivity index (χ4n) is 5.26. The number of rotatable bonds is 10. The highest BCUT2D eigenvalue weighted by molar-refractivity contribution is 7.60. The number of hydrogen-bond acceptors (Lipinski definition) is 0. The van der Waals surface area contributed by atoms with Crippen molar-refractivity contribution in [1.82, 2.24) is 0 Å². The summed E-state index contributed by atoms with van der Waals surface area (Å²) in [7, 11) is -0.176. The molecular weight excluding hydrogens is 403 g/mol. The van der Waals surface area contributed by atoms with Crippen molar-refractivity contribution in [2.24, 2.45) is 0 Å². The molecule has 166 valence electrons. The molecule has 0 N–H and O–H groups in total. The first-order valence-corrected chi connectivity index (χ1v) is 14.2. The maximum absolute atomic E-state index is 2.39. The van der Waals surface area contributed by atoms with E-state index in [9.17, 15) is 0 Å². The highest BCUT2D eigenvalue weighted by Crippen LogP contribution is 2.55. The van der Waals surface area contributed by atoms with Crippen LogP contribution in [0.4, 0.5) is 0 Å². The van der Waals surface area contributed by atoms with Crippen LogP contribution in [0.15, 0.2) is 91.0 Å². The fraction of sp³-hybridized carbons (Fsp3) is 0.387. The van der Waals surface area contributed by atoms with Crippen LogP contribution in [-0.2, 0) is 0 Å². The van der Waals surface area contributed by atoms with Crippen molar-refractivity contribution in [3.05, 3.63) is 108 Å². The molecule has 1 aliphatic rings. The van der Waals surface area contributed by atoms with Crippen LogP contribution in [-0.4, -0.2) is 11.5 Å². The lowest BCUT2D eigenvalue weighted by molar-refractivity contribution is 0.616. The largest absolute Gasteiger partial charge is 0.142 e. The van der Waals surface area contributed by atoms with Gasteiger partial charge < -0.3 is 0 Å². The van der Waals surface area contributed by atoms with Gasteiger partial charge in [-0.15, -0.1) is 0 Å². The van der Waals surface area contributed by atoms with E-state index in [0.29, 0.717) is 11.6 Å². The molecule has 0 aliphatic carbocycles. The predicted octanol–water partition coefficient (Wildman–Crippen LogP) is 9.37. The van der Waals surface area contributed by atoms with Gasteiger partial charge in [0.25, 0.3) is 0 Å². The van der Waals surface area contributed by atoms with Crippen LogP contribution in [0.3, 0.4) is 0 Å². The molecule has 4 rings (SSSR count). The molecule has 3 aromatic rings. The average molecular weight is 442 g/mol. The van der Waals surface area contributed by atoms with E-state index in [2.05, 4.69) is 97.9 Å². The first kappa shape index (κ1) is 23.0. The van der Waals surface area contributed by atoms with E-state index in [-0.39, 0.29) is 7.55 Å². The number of benzene rings is 3. The lowest BCUT2D eigenvalue weighted by Gasteiger charge is -2.28. The zero-order chi connectivity index (χ0) is 22.0. The van der Waals surface area contributed by atoms with Crippen LogP contribution in [0, 0.1) is 0 Å². The van der Waals surface area contributed by atoms with E-state index in [1.807, 2.05) is 0 Å². The van der Waals surface area contributed by atoms with Crippen molar-refractivity contribution >= 4 is 12.8 Å². The van der Waals surface area contributed by atoms with Gasteiger partial charge in [0.1, 0.15) is 24.7 Å². The standard InChI is InChI=1S/C31H38P/c1-2-3-4-5-6-16-23-32-30(27-19-12-8-13-20-27)24-29(26-17-10-7-11-18-26)25-31(32)28-21-14-9-15-22-28/h7-15,17-22,29-30H,2-6,16,23-25H2,1H3/q+1. The molecule has 32 heavy (non-hydrogen) atoms. The van der Waals surface area contributed by atoms with Gasteiger partial charge in [-0.2, -0.15) is 0 Å². The summed E-state index contributed by atoms with van der Waals surface area (Å²) < 4.78 is 0. The van der Waals surface area contributed by atoms with Crippen molar-refractivity contribution in [2.75, 3.05) is 6.16 Å². The third-order valence-electron chi connectivity index (χ3n) is 6.99.